The Kier molecular flexibility index (Phi) is 6.03. The van der Waals surface area contributed by atoms with Crippen molar-refractivity contribution in [3.8, 4) is 5.75 Å². The van der Waals surface area contributed by atoms with E-state index in [0.717, 1.165) is 16.0 Å². The SMILES string of the molecule is COc1c(Cl)cc(Cl)cc1/C(O)=C1/C(=O)C(=O)N(c2cccc(C)c2C)C1c1cccs1. The highest BCUT2D eigenvalue weighted by Gasteiger charge is 2.48. The van der Waals surface area contributed by atoms with E-state index in [2.05, 4.69) is 0 Å². The summed E-state index contributed by atoms with van der Waals surface area (Å²) in [7, 11) is 1.40. The maximum atomic E-state index is 13.3. The van der Waals surface area contributed by atoms with Gasteiger partial charge in [0.15, 0.2) is 0 Å². The molecule has 0 bridgehead atoms. The van der Waals surface area contributed by atoms with Crippen molar-refractivity contribution in [1.29, 1.82) is 0 Å². The molecule has 2 aromatic carbocycles. The molecule has 1 aliphatic heterocycles. The van der Waals surface area contributed by atoms with Crippen LogP contribution in [0.2, 0.25) is 10.0 Å². The first kappa shape index (κ1) is 22.4. The van der Waals surface area contributed by atoms with E-state index in [1.165, 1.54) is 35.5 Å². The molecular formula is C24H19Cl2NO4S. The van der Waals surface area contributed by atoms with E-state index >= 15 is 0 Å². The number of rotatable bonds is 4. The number of thiophene rings is 1. The van der Waals surface area contributed by atoms with Gasteiger partial charge in [-0.05, 0) is 54.6 Å². The Hall–Kier alpha value is -2.80. The summed E-state index contributed by atoms with van der Waals surface area (Å²) in [5.74, 6) is -1.74. The van der Waals surface area contributed by atoms with Gasteiger partial charge >= 0.3 is 0 Å². The van der Waals surface area contributed by atoms with Crippen LogP contribution in [0.15, 0.2) is 53.4 Å². The first-order chi connectivity index (χ1) is 15.3. The second kappa shape index (κ2) is 8.62. The molecule has 8 heteroatoms. The molecular weight excluding hydrogens is 469 g/mol. The second-order valence-corrected chi connectivity index (χ2v) is 9.19. The number of carbonyl (C=O) groups excluding carboxylic acids is 2. The molecule has 0 saturated carbocycles. The molecule has 0 spiro atoms. The average Bonchev–Trinajstić information content (AvgIpc) is 3.36. The van der Waals surface area contributed by atoms with Crippen LogP contribution in [-0.4, -0.2) is 23.9 Å². The maximum Gasteiger partial charge on any atom is 0.300 e. The summed E-state index contributed by atoms with van der Waals surface area (Å²) in [6.07, 6.45) is 0. The zero-order valence-corrected chi connectivity index (χ0v) is 19.8. The van der Waals surface area contributed by atoms with Crippen molar-refractivity contribution in [1.82, 2.24) is 0 Å². The van der Waals surface area contributed by atoms with E-state index < -0.39 is 23.5 Å². The summed E-state index contributed by atoms with van der Waals surface area (Å²) in [4.78, 5) is 28.7. The van der Waals surface area contributed by atoms with Crippen LogP contribution in [0.4, 0.5) is 5.69 Å². The molecule has 1 fully saturated rings. The lowest BCUT2D eigenvalue weighted by atomic mass is 9.98. The Morgan fingerprint density at radius 1 is 1.12 bits per heavy atom. The number of ether oxygens (including phenoxy) is 1. The van der Waals surface area contributed by atoms with Gasteiger partial charge in [-0.15, -0.1) is 11.3 Å². The lowest BCUT2D eigenvalue weighted by Gasteiger charge is -2.26. The number of Topliss-reactive ketones (excluding diaryl/α,β-unsaturated/α-hetero) is 1. The van der Waals surface area contributed by atoms with Crippen molar-refractivity contribution in [2.24, 2.45) is 0 Å². The normalized spacial score (nSPS) is 17.8. The molecule has 0 aliphatic carbocycles. The molecule has 1 atom stereocenters. The number of hydrogen-bond donors (Lipinski definition) is 1. The number of halogens is 2. The summed E-state index contributed by atoms with van der Waals surface area (Å²) >= 11 is 13.8. The van der Waals surface area contributed by atoms with Gasteiger partial charge < -0.3 is 9.84 Å². The van der Waals surface area contributed by atoms with E-state index in [0.29, 0.717) is 5.69 Å². The number of hydrogen-bond acceptors (Lipinski definition) is 5. The van der Waals surface area contributed by atoms with Gasteiger partial charge in [0.1, 0.15) is 17.6 Å². The van der Waals surface area contributed by atoms with Crippen LogP contribution in [-0.2, 0) is 9.59 Å². The third-order valence-corrected chi connectivity index (χ3v) is 6.98. The molecule has 1 saturated heterocycles. The van der Waals surface area contributed by atoms with E-state index in [4.69, 9.17) is 27.9 Å². The van der Waals surface area contributed by atoms with Crippen LogP contribution in [0.25, 0.3) is 5.76 Å². The number of ketones is 1. The predicted molar refractivity (Wildman–Crippen MR) is 128 cm³/mol. The second-order valence-electron chi connectivity index (χ2n) is 7.37. The fourth-order valence-electron chi connectivity index (χ4n) is 3.88. The zero-order chi connectivity index (χ0) is 23.2. The van der Waals surface area contributed by atoms with Gasteiger partial charge in [-0.2, -0.15) is 0 Å². The number of carbonyl (C=O) groups is 2. The number of amides is 1. The minimum atomic E-state index is -0.807. The maximum absolute atomic E-state index is 13.3. The van der Waals surface area contributed by atoms with Crippen molar-refractivity contribution in [3.63, 3.8) is 0 Å². The lowest BCUT2D eigenvalue weighted by Crippen LogP contribution is -2.29. The standard InChI is InChI=1S/C24H19Cl2NO4S/c1-12-6-4-7-17(13(12)2)27-20(18-8-5-9-32-18)19(22(29)24(27)30)21(28)15-10-14(25)11-16(26)23(15)31-3/h4-11,20,28H,1-3H3/b21-19-. The van der Waals surface area contributed by atoms with Crippen LogP contribution in [0.1, 0.15) is 27.6 Å². The summed E-state index contributed by atoms with van der Waals surface area (Å²) in [5, 5.41) is 13.6. The van der Waals surface area contributed by atoms with Crippen LogP contribution in [0, 0.1) is 13.8 Å². The summed E-state index contributed by atoms with van der Waals surface area (Å²) in [6, 6.07) is 11.4. The number of methoxy groups -OCH3 is 1. The summed E-state index contributed by atoms with van der Waals surface area (Å²) < 4.78 is 5.35. The van der Waals surface area contributed by atoms with Gasteiger partial charge in [0.2, 0.25) is 0 Å². The van der Waals surface area contributed by atoms with Crippen LogP contribution >= 0.6 is 34.5 Å². The third-order valence-electron chi connectivity index (χ3n) is 5.56. The minimum absolute atomic E-state index is 0.0463. The van der Waals surface area contributed by atoms with Gasteiger partial charge in [0.25, 0.3) is 11.7 Å². The molecule has 2 heterocycles. The Bertz CT molecular complexity index is 1270. The summed E-state index contributed by atoms with van der Waals surface area (Å²) in [5.41, 5.74) is 2.57. The van der Waals surface area contributed by atoms with Crippen LogP contribution in [0.3, 0.4) is 0 Å². The number of aliphatic hydroxyl groups excluding tert-OH is 1. The van der Waals surface area contributed by atoms with Crippen molar-refractivity contribution in [2.75, 3.05) is 12.0 Å². The average molecular weight is 488 g/mol. The van der Waals surface area contributed by atoms with E-state index in [9.17, 15) is 14.7 Å². The highest BCUT2D eigenvalue weighted by atomic mass is 35.5. The summed E-state index contributed by atoms with van der Waals surface area (Å²) in [6.45, 7) is 3.84. The Morgan fingerprint density at radius 2 is 1.88 bits per heavy atom. The number of anilines is 1. The molecule has 1 amide bonds. The van der Waals surface area contributed by atoms with Crippen molar-refractivity contribution in [2.45, 2.75) is 19.9 Å². The van der Waals surface area contributed by atoms with E-state index in [1.54, 1.807) is 6.07 Å². The fourth-order valence-corrected chi connectivity index (χ4v) is 5.28. The van der Waals surface area contributed by atoms with Gasteiger partial charge in [0, 0.05) is 15.6 Å². The van der Waals surface area contributed by atoms with Gasteiger partial charge in [-0.1, -0.05) is 41.4 Å². The molecule has 1 aromatic heterocycles. The molecule has 3 aromatic rings. The van der Waals surface area contributed by atoms with Crippen LogP contribution < -0.4 is 9.64 Å². The van der Waals surface area contributed by atoms with Gasteiger partial charge in [-0.3, -0.25) is 14.5 Å². The molecule has 1 N–H and O–H groups in total. The molecule has 4 rings (SSSR count). The Balaban J connectivity index is 2.01. The van der Waals surface area contributed by atoms with Gasteiger partial charge in [-0.25, -0.2) is 0 Å². The molecule has 0 radical (unpaired) electrons. The smallest absolute Gasteiger partial charge is 0.300 e. The number of benzene rings is 2. The van der Waals surface area contributed by atoms with Crippen molar-refractivity contribution in [3.05, 3.63) is 85.0 Å². The highest BCUT2D eigenvalue weighted by molar-refractivity contribution is 7.10. The molecule has 32 heavy (non-hydrogen) atoms. The number of aliphatic hydroxyl groups is 1. The first-order valence-electron chi connectivity index (χ1n) is 9.70. The third kappa shape index (κ3) is 3.58. The monoisotopic (exact) mass is 487 g/mol. The molecule has 1 aliphatic rings. The lowest BCUT2D eigenvalue weighted by molar-refractivity contribution is -0.132. The van der Waals surface area contributed by atoms with E-state index in [1.807, 2.05) is 43.5 Å². The number of nitrogens with zero attached hydrogens (tertiary/aromatic N) is 1. The Morgan fingerprint density at radius 3 is 2.53 bits per heavy atom. The number of aryl methyl sites for hydroxylation is 1. The fraction of sp³-hybridized carbons (Fsp3) is 0.167. The van der Waals surface area contributed by atoms with Crippen LogP contribution in [0.5, 0.6) is 5.75 Å². The molecule has 5 nitrogen and oxygen atoms in total. The zero-order valence-electron chi connectivity index (χ0n) is 17.5. The van der Waals surface area contributed by atoms with Crippen molar-refractivity contribution >= 4 is 57.7 Å². The van der Waals surface area contributed by atoms with Crippen molar-refractivity contribution < 1.29 is 19.4 Å². The quantitative estimate of drug-likeness (QED) is 0.266. The largest absolute Gasteiger partial charge is 0.507 e. The predicted octanol–water partition coefficient (Wildman–Crippen LogP) is 6.31. The first-order valence-corrected chi connectivity index (χ1v) is 11.3. The molecule has 164 valence electrons. The minimum Gasteiger partial charge on any atom is -0.507 e. The highest BCUT2D eigenvalue weighted by Crippen LogP contribution is 2.46. The topological polar surface area (TPSA) is 66.8 Å². The Labute approximate surface area is 199 Å². The molecule has 1 unspecified atom stereocenters. The van der Waals surface area contributed by atoms with Gasteiger partial charge in [0.05, 0.1) is 23.3 Å². The van der Waals surface area contributed by atoms with E-state index in [-0.39, 0.29) is 26.9 Å².